The average molecular weight is 268 g/mol. The van der Waals surface area contributed by atoms with Crippen molar-refractivity contribution in [1.29, 1.82) is 0 Å². The monoisotopic (exact) mass is 268 g/mol. The Bertz CT molecular complexity index is 591. The zero-order valence-electron chi connectivity index (χ0n) is 11.9. The molecule has 0 radical (unpaired) electrons. The molecule has 0 aliphatic carbocycles. The Morgan fingerprint density at radius 1 is 1.10 bits per heavy atom. The second kappa shape index (κ2) is 5.78. The molecule has 2 rings (SSSR count). The smallest absolute Gasteiger partial charge is 0.251 e. The van der Waals surface area contributed by atoms with Gasteiger partial charge in [-0.3, -0.25) is 4.79 Å². The van der Waals surface area contributed by atoms with Gasteiger partial charge in [-0.2, -0.15) is 0 Å². The van der Waals surface area contributed by atoms with Gasteiger partial charge in [0.1, 0.15) is 0 Å². The fourth-order valence-electron chi connectivity index (χ4n) is 2.07. The first-order chi connectivity index (χ1) is 9.49. The molecule has 0 fully saturated rings. The molecule has 2 aromatic carbocycles. The van der Waals surface area contributed by atoms with Crippen molar-refractivity contribution < 1.29 is 4.79 Å². The number of nitrogens with two attached hydrogens (primary N) is 1. The van der Waals surface area contributed by atoms with E-state index in [0.29, 0.717) is 17.8 Å². The number of rotatable bonds is 4. The third-order valence-corrected chi connectivity index (χ3v) is 3.39. The fraction of sp³-hybridized carbons (Fsp3) is 0.235. The van der Waals surface area contributed by atoms with Gasteiger partial charge in [0.15, 0.2) is 0 Å². The van der Waals surface area contributed by atoms with Crippen LogP contribution < -0.4 is 11.1 Å². The molecule has 0 aliphatic heterocycles. The van der Waals surface area contributed by atoms with E-state index in [0.717, 1.165) is 0 Å². The van der Waals surface area contributed by atoms with Crippen LogP contribution in [-0.2, 0) is 5.41 Å². The van der Waals surface area contributed by atoms with Crippen molar-refractivity contribution in [2.24, 2.45) is 0 Å². The molecule has 0 heterocycles. The molecule has 0 saturated heterocycles. The Labute approximate surface area is 119 Å². The summed E-state index contributed by atoms with van der Waals surface area (Å²) >= 11 is 0. The van der Waals surface area contributed by atoms with Crippen LogP contribution in [0.2, 0.25) is 0 Å². The molecule has 0 unspecified atom stereocenters. The van der Waals surface area contributed by atoms with Crippen LogP contribution in [0.1, 0.15) is 29.8 Å². The van der Waals surface area contributed by atoms with Crippen LogP contribution in [0.4, 0.5) is 5.69 Å². The van der Waals surface area contributed by atoms with Crippen molar-refractivity contribution in [3.05, 3.63) is 65.7 Å². The first kappa shape index (κ1) is 14.1. The molecule has 3 heteroatoms. The third-order valence-electron chi connectivity index (χ3n) is 3.39. The van der Waals surface area contributed by atoms with Gasteiger partial charge in [0.25, 0.3) is 5.91 Å². The second-order valence-electron chi connectivity index (χ2n) is 5.56. The van der Waals surface area contributed by atoms with Gasteiger partial charge in [-0.1, -0.05) is 50.2 Å². The minimum Gasteiger partial charge on any atom is -0.399 e. The summed E-state index contributed by atoms with van der Waals surface area (Å²) < 4.78 is 0. The highest BCUT2D eigenvalue weighted by Crippen LogP contribution is 2.21. The zero-order chi connectivity index (χ0) is 14.6. The summed E-state index contributed by atoms with van der Waals surface area (Å²) in [5, 5.41) is 2.97. The van der Waals surface area contributed by atoms with Crippen LogP contribution in [0.3, 0.4) is 0 Å². The van der Waals surface area contributed by atoms with E-state index in [1.165, 1.54) is 5.56 Å². The van der Waals surface area contributed by atoms with Crippen molar-refractivity contribution in [2.75, 3.05) is 12.3 Å². The minimum atomic E-state index is -0.114. The molecule has 3 nitrogen and oxygen atoms in total. The third kappa shape index (κ3) is 3.38. The largest absolute Gasteiger partial charge is 0.399 e. The molecule has 104 valence electrons. The Morgan fingerprint density at radius 3 is 2.45 bits per heavy atom. The van der Waals surface area contributed by atoms with Crippen LogP contribution in [0.5, 0.6) is 0 Å². The molecule has 1 amide bonds. The van der Waals surface area contributed by atoms with Crippen LogP contribution >= 0.6 is 0 Å². The normalized spacial score (nSPS) is 11.1. The van der Waals surface area contributed by atoms with Crippen LogP contribution in [0.15, 0.2) is 54.6 Å². The summed E-state index contributed by atoms with van der Waals surface area (Å²) in [6.45, 7) is 4.80. The summed E-state index contributed by atoms with van der Waals surface area (Å²) in [6, 6.07) is 17.2. The molecule has 0 aliphatic rings. The first-order valence-electron chi connectivity index (χ1n) is 6.68. The summed E-state index contributed by atoms with van der Waals surface area (Å²) in [4.78, 5) is 12.1. The van der Waals surface area contributed by atoms with Crippen LogP contribution in [0, 0.1) is 0 Å². The fourth-order valence-corrected chi connectivity index (χ4v) is 2.07. The van der Waals surface area contributed by atoms with E-state index in [1.54, 1.807) is 24.3 Å². The van der Waals surface area contributed by atoms with Crippen molar-refractivity contribution >= 4 is 11.6 Å². The standard InChI is InChI=1S/C17H20N2O/c1-17(2,14-8-4-3-5-9-14)12-19-16(20)13-7-6-10-15(18)11-13/h3-11H,12,18H2,1-2H3,(H,19,20). The van der Waals surface area contributed by atoms with Gasteiger partial charge in [-0.05, 0) is 23.8 Å². The number of hydrogen-bond donors (Lipinski definition) is 2. The predicted molar refractivity (Wildman–Crippen MR) is 82.7 cm³/mol. The number of hydrogen-bond acceptors (Lipinski definition) is 2. The van der Waals surface area contributed by atoms with Gasteiger partial charge in [-0.15, -0.1) is 0 Å². The topological polar surface area (TPSA) is 55.1 Å². The maximum atomic E-state index is 12.1. The quantitative estimate of drug-likeness (QED) is 0.838. The molecule has 0 atom stereocenters. The Morgan fingerprint density at radius 2 is 1.80 bits per heavy atom. The van der Waals surface area contributed by atoms with E-state index in [2.05, 4.69) is 31.3 Å². The van der Waals surface area contributed by atoms with Crippen molar-refractivity contribution in [2.45, 2.75) is 19.3 Å². The van der Waals surface area contributed by atoms with E-state index < -0.39 is 0 Å². The van der Waals surface area contributed by atoms with Gasteiger partial charge < -0.3 is 11.1 Å². The SMILES string of the molecule is CC(C)(CNC(=O)c1cccc(N)c1)c1ccccc1. The maximum absolute atomic E-state index is 12.1. The number of nitrogen functional groups attached to an aromatic ring is 1. The number of amides is 1. The molecule has 2 aromatic rings. The minimum absolute atomic E-state index is 0.0960. The molecule has 0 aromatic heterocycles. The van der Waals surface area contributed by atoms with Crippen LogP contribution in [0.25, 0.3) is 0 Å². The molecular formula is C17H20N2O. The van der Waals surface area contributed by atoms with Gasteiger partial charge in [0, 0.05) is 23.2 Å². The molecule has 3 N–H and O–H groups in total. The molecule has 20 heavy (non-hydrogen) atoms. The summed E-state index contributed by atoms with van der Waals surface area (Å²) in [5.74, 6) is -0.0960. The highest BCUT2D eigenvalue weighted by atomic mass is 16.1. The highest BCUT2D eigenvalue weighted by Gasteiger charge is 2.21. The second-order valence-corrected chi connectivity index (χ2v) is 5.56. The van der Waals surface area contributed by atoms with Crippen molar-refractivity contribution in [1.82, 2.24) is 5.32 Å². The van der Waals surface area contributed by atoms with Gasteiger partial charge >= 0.3 is 0 Å². The number of benzene rings is 2. The van der Waals surface area contributed by atoms with Gasteiger partial charge in [-0.25, -0.2) is 0 Å². The lowest BCUT2D eigenvalue weighted by Crippen LogP contribution is -2.36. The number of nitrogens with one attached hydrogen (secondary N) is 1. The highest BCUT2D eigenvalue weighted by molar-refractivity contribution is 5.95. The van der Waals surface area contributed by atoms with Crippen molar-refractivity contribution in [3.8, 4) is 0 Å². The molecule has 0 spiro atoms. The summed E-state index contributed by atoms with van der Waals surface area (Å²) in [7, 11) is 0. The number of carbonyl (C=O) groups is 1. The average Bonchev–Trinajstić information content (AvgIpc) is 2.46. The van der Waals surface area contributed by atoms with Gasteiger partial charge in [0.05, 0.1) is 0 Å². The molecule has 0 saturated carbocycles. The molecule has 0 bridgehead atoms. The van der Waals surface area contributed by atoms with E-state index in [9.17, 15) is 4.79 Å². The lowest BCUT2D eigenvalue weighted by Gasteiger charge is -2.25. The Kier molecular flexibility index (Phi) is 4.08. The van der Waals surface area contributed by atoms with E-state index in [1.807, 2.05) is 18.2 Å². The number of carbonyl (C=O) groups excluding carboxylic acids is 1. The summed E-state index contributed by atoms with van der Waals surface area (Å²) in [6.07, 6.45) is 0. The summed E-state index contributed by atoms with van der Waals surface area (Å²) in [5.41, 5.74) is 7.97. The Balaban J connectivity index is 2.03. The lowest BCUT2D eigenvalue weighted by molar-refractivity contribution is 0.0945. The van der Waals surface area contributed by atoms with E-state index in [4.69, 9.17) is 5.73 Å². The molecular weight excluding hydrogens is 248 g/mol. The van der Waals surface area contributed by atoms with E-state index >= 15 is 0 Å². The predicted octanol–water partition coefficient (Wildman–Crippen LogP) is 2.98. The van der Waals surface area contributed by atoms with Gasteiger partial charge in [0.2, 0.25) is 0 Å². The van der Waals surface area contributed by atoms with Crippen molar-refractivity contribution in [3.63, 3.8) is 0 Å². The van der Waals surface area contributed by atoms with Crippen LogP contribution in [-0.4, -0.2) is 12.5 Å². The first-order valence-corrected chi connectivity index (χ1v) is 6.68. The lowest BCUT2D eigenvalue weighted by atomic mass is 9.84. The maximum Gasteiger partial charge on any atom is 0.251 e. The zero-order valence-corrected chi connectivity index (χ0v) is 11.9. The van der Waals surface area contributed by atoms with E-state index in [-0.39, 0.29) is 11.3 Å². The number of anilines is 1. The Hall–Kier alpha value is -2.29.